The summed E-state index contributed by atoms with van der Waals surface area (Å²) in [6.07, 6.45) is 0.193. The minimum absolute atomic E-state index is 0.193. The summed E-state index contributed by atoms with van der Waals surface area (Å²) in [4.78, 5) is 4.27. The fourth-order valence-electron chi connectivity index (χ4n) is 1.86. The van der Waals surface area contributed by atoms with Crippen LogP contribution >= 0.6 is 11.3 Å². The molecule has 0 saturated heterocycles. The quantitative estimate of drug-likeness (QED) is 0.813. The number of aromatic nitrogens is 1. The van der Waals surface area contributed by atoms with Gasteiger partial charge in [-0.25, -0.2) is 4.98 Å². The summed E-state index contributed by atoms with van der Waals surface area (Å²) < 4.78 is 5.78. The van der Waals surface area contributed by atoms with Crippen LogP contribution in [0, 0.1) is 0 Å². The van der Waals surface area contributed by atoms with Gasteiger partial charge in [-0.2, -0.15) is 0 Å². The molecule has 3 rings (SSSR count). The predicted molar refractivity (Wildman–Crippen MR) is 70.5 cm³/mol. The van der Waals surface area contributed by atoms with E-state index in [4.69, 9.17) is 10.5 Å². The van der Waals surface area contributed by atoms with Gasteiger partial charge in [-0.1, -0.05) is 6.07 Å². The highest BCUT2D eigenvalue weighted by Crippen LogP contribution is 2.34. The van der Waals surface area contributed by atoms with Crippen molar-refractivity contribution in [2.45, 2.75) is 13.0 Å². The molecule has 2 heterocycles. The monoisotopic (exact) mass is 247 g/mol. The molecule has 0 bridgehead atoms. The summed E-state index contributed by atoms with van der Waals surface area (Å²) in [5.41, 5.74) is 8.61. The number of hydrogen-bond donors (Lipinski definition) is 2. The molecule has 1 aliphatic heterocycles. The van der Waals surface area contributed by atoms with E-state index in [1.54, 1.807) is 0 Å². The van der Waals surface area contributed by atoms with Crippen molar-refractivity contribution in [1.82, 2.24) is 4.98 Å². The molecular weight excluding hydrogens is 234 g/mol. The molecule has 88 valence electrons. The standard InChI is InChI=1S/C12H13N3OS/c1-7-5-14-9-3-2-8(4-11(9)16-7)10-6-17-12(13)15-10/h2-4,6-7,14H,5H2,1H3,(H2,13,15). The molecule has 1 atom stereocenters. The van der Waals surface area contributed by atoms with E-state index in [1.165, 1.54) is 11.3 Å². The first-order valence-electron chi connectivity index (χ1n) is 5.48. The summed E-state index contributed by atoms with van der Waals surface area (Å²) in [5, 5.41) is 5.87. The zero-order valence-electron chi connectivity index (χ0n) is 9.43. The number of anilines is 2. The zero-order chi connectivity index (χ0) is 11.8. The Morgan fingerprint density at radius 3 is 3.18 bits per heavy atom. The van der Waals surface area contributed by atoms with Gasteiger partial charge in [-0.15, -0.1) is 11.3 Å². The molecule has 0 saturated carbocycles. The molecule has 1 unspecified atom stereocenters. The van der Waals surface area contributed by atoms with Crippen LogP contribution in [-0.2, 0) is 0 Å². The lowest BCUT2D eigenvalue weighted by Crippen LogP contribution is -2.27. The van der Waals surface area contributed by atoms with E-state index in [-0.39, 0.29) is 6.10 Å². The van der Waals surface area contributed by atoms with E-state index < -0.39 is 0 Å². The molecule has 3 N–H and O–H groups in total. The third-order valence-electron chi connectivity index (χ3n) is 2.71. The number of benzene rings is 1. The molecule has 1 aromatic heterocycles. The van der Waals surface area contributed by atoms with Crippen LogP contribution in [0.4, 0.5) is 10.8 Å². The summed E-state index contributed by atoms with van der Waals surface area (Å²) in [6, 6.07) is 6.05. The number of nitrogens with one attached hydrogen (secondary N) is 1. The van der Waals surface area contributed by atoms with Crippen LogP contribution in [-0.4, -0.2) is 17.6 Å². The van der Waals surface area contributed by atoms with Gasteiger partial charge in [0, 0.05) is 10.9 Å². The number of ether oxygens (including phenoxy) is 1. The third-order valence-corrected chi connectivity index (χ3v) is 3.38. The lowest BCUT2D eigenvalue weighted by atomic mass is 10.1. The minimum Gasteiger partial charge on any atom is -0.487 e. The molecule has 0 fully saturated rings. The summed E-state index contributed by atoms with van der Waals surface area (Å²) in [7, 11) is 0. The van der Waals surface area contributed by atoms with E-state index >= 15 is 0 Å². The number of nitrogen functional groups attached to an aromatic ring is 1. The Hall–Kier alpha value is -1.75. The van der Waals surface area contributed by atoms with E-state index in [9.17, 15) is 0 Å². The van der Waals surface area contributed by atoms with Crippen LogP contribution in [0.1, 0.15) is 6.92 Å². The van der Waals surface area contributed by atoms with E-state index in [2.05, 4.69) is 10.3 Å². The number of rotatable bonds is 1. The van der Waals surface area contributed by atoms with Gasteiger partial charge in [0.25, 0.3) is 0 Å². The van der Waals surface area contributed by atoms with E-state index in [0.717, 1.165) is 29.2 Å². The Bertz CT molecular complexity index is 552. The molecule has 2 aromatic rings. The molecule has 0 amide bonds. The van der Waals surface area contributed by atoms with Crippen molar-refractivity contribution < 1.29 is 4.74 Å². The Morgan fingerprint density at radius 2 is 2.41 bits per heavy atom. The predicted octanol–water partition coefficient (Wildman–Crippen LogP) is 2.59. The molecule has 5 heteroatoms. The molecular formula is C12H13N3OS. The maximum absolute atomic E-state index is 5.78. The maximum Gasteiger partial charge on any atom is 0.180 e. The first kappa shape index (κ1) is 10.4. The molecule has 1 aliphatic rings. The Balaban J connectivity index is 2.00. The second-order valence-electron chi connectivity index (χ2n) is 4.09. The van der Waals surface area contributed by atoms with Crippen molar-refractivity contribution in [3.8, 4) is 17.0 Å². The second-order valence-corrected chi connectivity index (χ2v) is 4.98. The minimum atomic E-state index is 0.193. The van der Waals surface area contributed by atoms with E-state index in [0.29, 0.717) is 5.13 Å². The number of fused-ring (bicyclic) bond motifs is 1. The molecule has 17 heavy (non-hydrogen) atoms. The number of thiazole rings is 1. The van der Waals surface area contributed by atoms with Crippen LogP contribution in [0.2, 0.25) is 0 Å². The van der Waals surface area contributed by atoms with Crippen molar-refractivity contribution >= 4 is 22.2 Å². The average Bonchev–Trinajstić information content (AvgIpc) is 2.75. The molecule has 1 aromatic carbocycles. The molecule has 0 spiro atoms. The highest BCUT2D eigenvalue weighted by Gasteiger charge is 2.16. The summed E-state index contributed by atoms with van der Waals surface area (Å²) in [5.74, 6) is 0.882. The van der Waals surface area contributed by atoms with Crippen LogP contribution in [0.15, 0.2) is 23.6 Å². The first-order chi connectivity index (χ1) is 8.22. The summed E-state index contributed by atoms with van der Waals surface area (Å²) >= 11 is 1.45. The van der Waals surface area contributed by atoms with Gasteiger partial charge >= 0.3 is 0 Å². The van der Waals surface area contributed by atoms with Crippen molar-refractivity contribution in [1.29, 1.82) is 0 Å². The Morgan fingerprint density at radius 1 is 1.53 bits per heavy atom. The van der Waals surface area contributed by atoms with Gasteiger partial charge < -0.3 is 15.8 Å². The smallest absolute Gasteiger partial charge is 0.180 e. The van der Waals surface area contributed by atoms with Gasteiger partial charge in [0.15, 0.2) is 5.13 Å². The first-order valence-corrected chi connectivity index (χ1v) is 6.36. The third kappa shape index (κ3) is 1.93. The van der Waals surface area contributed by atoms with Gasteiger partial charge in [0.05, 0.1) is 17.9 Å². The largest absolute Gasteiger partial charge is 0.487 e. The van der Waals surface area contributed by atoms with Gasteiger partial charge in [-0.3, -0.25) is 0 Å². The average molecular weight is 247 g/mol. The van der Waals surface area contributed by atoms with E-state index in [1.807, 2.05) is 30.5 Å². The highest BCUT2D eigenvalue weighted by atomic mass is 32.1. The Labute approximate surface area is 103 Å². The fraction of sp³-hybridized carbons (Fsp3) is 0.250. The van der Waals surface area contributed by atoms with Crippen molar-refractivity contribution in [2.75, 3.05) is 17.6 Å². The van der Waals surface area contributed by atoms with Crippen LogP contribution < -0.4 is 15.8 Å². The lowest BCUT2D eigenvalue weighted by molar-refractivity contribution is 0.226. The topological polar surface area (TPSA) is 60.2 Å². The normalized spacial score (nSPS) is 18.1. The molecule has 0 aliphatic carbocycles. The Kier molecular flexibility index (Phi) is 2.40. The van der Waals surface area contributed by atoms with Crippen LogP contribution in [0.25, 0.3) is 11.3 Å². The van der Waals surface area contributed by atoms with Crippen molar-refractivity contribution in [2.24, 2.45) is 0 Å². The zero-order valence-corrected chi connectivity index (χ0v) is 10.3. The number of hydrogen-bond acceptors (Lipinski definition) is 5. The molecule has 0 radical (unpaired) electrons. The maximum atomic E-state index is 5.78. The van der Waals surface area contributed by atoms with Gasteiger partial charge in [0.1, 0.15) is 11.9 Å². The van der Waals surface area contributed by atoms with Crippen molar-refractivity contribution in [3.63, 3.8) is 0 Å². The highest BCUT2D eigenvalue weighted by molar-refractivity contribution is 7.13. The lowest BCUT2D eigenvalue weighted by Gasteiger charge is -2.25. The van der Waals surface area contributed by atoms with Crippen LogP contribution in [0.5, 0.6) is 5.75 Å². The van der Waals surface area contributed by atoms with Crippen LogP contribution in [0.3, 0.4) is 0 Å². The second kappa shape index (κ2) is 3.92. The molecule has 4 nitrogen and oxygen atoms in total. The van der Waals surface area contributed by atoms with Crippen molar-refractivity contribution in [3.05, 3.63) is 23.6 Å². The number of nitrogens with two attached hydrogens (primary N) is 1. The fourth-order valence-corrected chi connectivity index (χ4v) is 2.43. The number of nitrogens with zero attached hydrogens (tertiary/aromatic N) is 1. The summed E-state index contributed by atoms with van der Waals surface area (Å²) in [6.45, 7) is 2.89. The van der Waals surface area contributed by atoms with Gasteiger partial charge in [-0.05, 0) is 19.1 Å². The van der Waals surface area contributed by atoms with Gasteiger partial charge in [0.2, 0.25) is 0 Å². The SMILES string of the molecule is CC1CNc2ccc(-c3csc(N)n3)cc2O1.